The SMILES string of the molecule is CN1CCC(C2OCc3ccccc3O2)CC1. The molecule has 0 saturated carbocycles. The van der Waals surface area contributed by atoms with Gasteiger partial charge in [-0.1, -0.05) is 18.2 Å². The Bertz CT molecular complexity index is 386. The molecule has 0 amide bonds. The average molecular weight is 233 g/mol. The normalized spacial score (nSPS) is 26.3. The Morgan fingerprint density at radius 1 is 1.18 bits per heavy atom. The van der Waals surface area contributed by atoms with Gasteiger partial charge in [-0.15, -0.1) is 0 Å². The molecule has 17 heavy (non-hydrogen) atoms. The summed E-state index contributed by atoms with van der Waals surface area (Å²) < 4.78 is 11.8. The monoisotopic (exact) mass is 233 g/mol. The van der Waals surface area contributed by atoms with Crippen LogP contribution in [0.4, 0.5) is 0 Å². The van der Waals surface area contributed by atoms with Gasteiger partial charge in [0.2, 0.25) is 6.29 Å². The first-order valence-electron chi connectivity index (χ1n) is 6.37. The summed E-state index contributed by atoms with van der Waals surface area (Å²) in [5.41, 5.74) is 1.16. The zero-order valence-electron chi connectivity index (χ0n) is 10.3. The summed E-state index contributed by atoms with van der Waals surface area (Å²) in [5.74, 6) is 1.54. The van der Waals surface area contributed by atoms with Crippen LogP contribution in [0, 0.1) is 5.92 Å². The van der Waals surface area contributed by atoms with E-state index >= 15 is 0 Å². The van der Waals surface area contributed by atoms with Gasteiger partial charge in [0.05, 0.1) is 6.61 Å². The predicted molar refractivity (Wildman–Crippen MR) is 65.9 cm³/mol. The van der Waals surface area contributed by atoms with Crippen LogP contribution >= 0.6 is 0 Å². The lowest BCUT2D eigenvalue weighted by atomic mass is 9.96. The Balaban J connectivity index is 1.68. The quantitative estimate of drug-likeness (QED) is 0.742. The third kappa shape index (κ3) is 2.31. The van der Waals surface area contributed by atoms with Crippen LogP contribution in [-0.4, -0.2) is 31.3 Å². The van der Waals surface area contributed by atoms with Crippen molar-refractivity contribution in [3.63, 3.8) is 0 Å². The smallest absolute Gasteiger partial charge is 0.203 e. The summed E-state index contributed by atoms with van der Waals surface area (Å²) >= 11 is 0. The Labute approximate surface area is 102 Å². The molecule has 3 heteroatoms. The van der Waals surface area contributed by atoms with Crippen molar-refractivity contribution in [2.45, 2.75) is 25.7 Å². The van der Waals surface area contributed by atoms with Crippen molar-refractivity contribution in [1.29, 1.82) is 0 Å². The molecule has 2 aliphatic heterocycles. The van der Waals surface area contributed by atoms with E-state index in [2.05, 4.69) is 18.0 Å². The molecular formula is C14H19NO2. The van der Waals surface area contributed by atoms with Gasteiger partial charge in [0.1, 0.15) is 5.75 Å². The van der Waals surface area contributed by atoms with Gasteiger partial charge in [0.25, 0.3) is 0 Å². The second kappa shape index (κ2) is 4.67. The Morgan fingerprint density at radius 2 is 1.94 bits per heavy atom. The fourth-order valence-electron chi connectivity index (χ4n) is 2.60. The highest BCUT2D eigenvalue weighted by atomic mass is 16.7. The summed E-state index contributed by atoms with van der Waals surface area (Å²) in [4.78, 5) is 2.37. The maximum atomic E-state index is 5.97. The van der Waals surface area contributed by atoms with E-state index in [4.69, 9.17) is 9.47 Å². The van der Waals surface area contributed by atoms with Gasteiger partial charge < -0.3 is 14.4 Å². The van der Waals surface area contributed by atoms with Crippen LogP contribution in [0.5, 0.6) is 5.75 Å². The van der Waals surface area contributed by atoms with Gasteiger partial charge in [-0.25, -0.2) is 0 Å². The van der Waals surface area contributed by atoms with Gasteiger partial charge in [-0.05, 0) is 39.0 Å². The maximum Gasteiger partial charge on any atom is 0.203 e. The van der Waals surface area contributed by atoms with Crippen molar-refractivity contribution in [2.24, 2.45) is 5.92 Å². The number of nitrogens with zero attached hydrogens (tertiary/aromatic N) is 1. The molecule has 0 aromatic heterocycles. The van der Waals surface area contributed by atoms with E-state index in [0.717, 1.165) is 24.4 Å². The summed E-state index contributed by atoms with van der Waals surface area (Å²) in [7, 11) is 2.17. The van der Waals surface area contributed by atoms with Gasteiger partial charge in [0.15, 0.2) is 0 Å². The Hall–Kier alpha value is -1.06. The lowest BCUT2D eigenvalue weighted by Gasteiger charge is -2.36. The predicted octanol–water partition coefficient (Wildman–Crippen LogP) is 2.26. The molecule has 1 saturated heterocycles. The number of hydrogen-bond acceptors (Lipinski definition) is 3. The molecule has 1 fully saturated rings. The van der Waals surface area contributed by atoms with Gasteiger partial charge in [-0.3, -0.25) is 0 Å². The highest BCUT2D eigenvalue weighted by molar-refractivity contribution is 5.33. The fraction of sp³-hybridized carbons (Fsp3) is 0.571. The Kier molecular flexibility index (Phi) is 3.04. The number of likely N-dealkylation sites (tertiary alicyclic amines) is 1. The molecule has 0 bridgehead atoms. The second-order valence-corrected chi connectivity index (χ2v) is 5.05. The molecule has 0 spiro atoms. The molecule has 0 aliphatic carbocycles. The molecule has 1 unspecified atom stereocenters. The third-order valence-electron chi connectivity index (χ3n) is 3.77. The van der Waals surface area contributed by atoms with Crippen LogP contribution in [-0.2, 0) is 11.3 Å². The molecule has 1 aromatic rings. The van der Waals surface area contributed by atoms with Crippen molar-refractivity contribution >= 4 is 0 Å². The molecule has 1 atom stereocenters. The van der Waals surface area contributed by atoms with Crippen molar-refractivity contribution in [3.05, 3.63) is 29.8 Å². The van der Waals surface area contributed by atoms with Crippen LogP contribution in [0.2, 0.25) is 0 Å². The van der Waals surface area contributed by atoms with E-state index in [1.165, 1.54) is 12.8 Å². The minimum absolute atomic E-state index is 0.0430. The largest absolute Gasteiger partial charge is 0.464 e. The highest BCUT2D eigenvalue weighted by Gasteiger charge is 2.30. The number of ether oxygens (including phenoxy) is 2. The van der Waals surface area contributed by atoms with Gasteiger partial charge in [0, 0.05) is 11.5 Å². The fourth-order valence-corrected chi connectivity index (χ4v) is 2.60. The van der Waals surface area contributed by atoms with Crippen molar-refractivity contribution in [1.82, 2.24) is 4.90 Å². The molecule has 1 aromatic carbocycles. The zero-order chi connectivity index (χ0) is 11.7. The minimum Gasteiger partial charge on any atom is -0.464 e. The van der Waals surface area contributed by atoms with Crippen molar-refractivity contribution in [2.75, 3.05) is 20.1 Å². The second-order valence-electron chi connectivity index (χ2n) is 5.05. The van der Waals surface area contributed by atoms with Crippen LogP contribution in [0.3, 0.4) is 0 Å². The number of fused-ring (bicyclic) bond motifs is 1. The van der Waals surface area contributed by atoms with E-state index in [9.17, 15) is 0 Å². The lowest BCUT2D eigenvalue weighted by Crippen LogP contribution is -2.40. The first kappa shape index (κ1) is 11.1. The van der Waals surface area contributed by atoms with Gasteiger partial charge >= 0.3 is 0 Å². The first-order valence-corrected chi connectivity index (χ1v) is 6.37. The van der Waals surface area contributed by atoms with Gasteiger partial charge in [-0.2, -0.15) is 0 Å². The van der Waals surface area contributed by atoms with Crippen molar-refractivity contribution < 1.29 is 9.47 Å². The standard InChI is InChI=1S/C14H19NO2/c1-15-8-6-11(7-9-15)14-16-10-12-4-2-3-5-13(12)17-14/h2-5,11,14H,6-10H2,1H3. The molecule has 3 nitrogen and oxygen atoms in total. The highest BCUT2D eigenvalue weighted by Crippen LogP contribution is 2.31. The summed E-state index contributed by atoms with van der Waals surface area (Å²) in [6.07, 6.45) is 2.30. The average Bonchev–Trinajstić information content (AvgIpc) is 2.39. The molecular weight excluding hydrogens is 214 g/mol. The van der Waals surface area contributed by atoms with E-state index in [0.29, 0.717) is 12.5 Å². The van der Waals surface area contributed by atoms with E-state index < -0.39 is 0 Å². The lowest BCUT2D eigenvalue weighted by molar-refractivity contribution is -0.148. The van der Waals surface area contributed by atoms with Crippen LogP contribution in [0.1, 0.15) is 18.4 Å². The molecule has 0 radical (unpaired) electrons. The van der Waals surface area contributed by atoms with Crippen LogP contribution in [0.15, 0.2) is 24.3 Å². The minimum atomic E-state index is -0.0430. The molecule has 3 rings (SSSR count). The van der Waals surface area contributed by atoms with Crippen LogP contribution < -0.4 is 4.74 Å². The number of para-hydroxylation sites is 1. The number of piperidine rings is 1. The number of benzene rings is 1. The topological polar surface area (TPSA) is 21.7 Å². The summed E-state index contributed by atoms with van der Waals surface area (Å²) in [6.45, 7) is 2.98. The number of rotatable bonds is 1. The maximum absolute atomic E-state index is 5.97. The summed E-state index contributed by atoms with van der Waals surface area (Å²) in [6, 6.07) is 8.16. The molecule has 2 aliphatic rings. The van der Waals surface area contributed by atoms with Crippen LogP contribution in [0.25, 0.3) is 0 Å². The first-order chi connectivity index (χ1) is 8.33. The van der Waals surface area contributed by atoms with E-state index in [-0.39, 0.29) is 6.29 Å². The zero-order valence-corrected chi connectivity index (χ0v) is 10.3. The molecule has 0 N–H and O–H groups in total. The third-order valence-corrected chi connectivity index (χ3v) is 3.77. The Morgan fingerprint density at radius 3 is 2.76 bits per heavy atom. The van der Waals surface area contributed by atoms with Crippen molar-refractivity contribution in [3.8, 4) is 5.75 Å². The van der Waals surface area contributed by atoms with E-state index in [1.54, 1.807) is 0 Å². The molecule has 2 heterocycles. The number of hydrogen-bond donors (Lipinski definition) is 0. The summed E-state index contributed by atoms with van der Waals surface area (Å²) in [5, 5.41) is 0. The van der Waals surface area contributed by atoms with E-state index in [1.807, 2.05) is 18.2 Å². The molecule has 92 valence electrons.